The Hall–Kier alpha value is -0.240. The highest BCUT2D eigenvalue weighted by Gasteiger charge is 2.27. The van der Waals surface area contributed by atoms with E-state index in [-0.39, 0.29) is 11.3 Å². The first kappa shape index (κ1) is 17.8. The first-order chi connectivity index (χ1) is 8.27. The van der Waals surface area contributed by atoms with Crippen molar-refractivity contribution >= 4 is 17.5 Å². The molecule has 0 aromatic rings. The smallest absolute Gasteiger partial charge is 0.223 e. The van der Waals surface area contributed by atoms with Crippen molar-refractivity contribution in [2.24, 2.45) is 11.3 Å². The highest BCUT2D eigenvalue weighted by atomic mass is 35.5. The Morgan fingerprint density at radius 1 is 1.22 bits per heavy atom. The van der Waals surface area contributed by atoms with E-state index in [1.807, 2.05) is 4.90 Å². The summed E-state index contributed by atoms with van der Waals surface area (Å²) in [6.07, 6.45) is 2.63. The van der Waals surface area contributed by atoms with Crippen molar-refractivity contribution < 1.29 is 4.79 Å². The monoisotopic (exact) mass is 275 g/mol. The predicted octanol–water partition coefficient (Wildman–Crippen LogP) is 4.31. The molecule has 2 nitrogen and oxygen atoms in total. The van der Waals surface area contributed by atoms with E-state index in [1.54, 1.807) is 0 Å². The lowest BCUT2D eigenvalue weighted by molar-refractivity contribution is -0.135. The van der Waals surface area contributed by atoms with Crippen LogP contribution in [0.4, 0.5) is 0 Å². The maximum absolute atomic E-state index is 12.4. The Bertz CT molecular complexity index is 243. The van der Waals surface area contributed by atoms with Crippen LogP contribution in [0.1, 0.15) is 60.8 Å². The SMILES string of the molecule is CCC(CC)N(CCCl)C(=O)CC(C)C(C)(C)C. The number of alkyl halides is 1. The topological polar surface area (TPSA) is 20.3 Å². The van der Waals surface area contributed by atoms with Crippen molar-refractivity contribution in [2.75, 3.05) is 12.4 Å². The highest BCUT2D eigenvalue weighted by molar-refractivity contribution is 6.18. The van der Waals surface area contributed by atoms with Crippen molar-refractivity contribution in [3.05, 3.63) is 0 Å². The molecule has 0 rings (SSSR count). The molecule has 0 saturated heterocycles. The molecule has 0 aliphatic carbocycles. The third kappa shape index (κ3) is 5.60. The molecule has 0 radical (unpaired) electrons. The van der Waals surface area contributed by atoms with Gasteiger partial charge in [0.1, 0.15) is 0 Å². The van der Waals surface area contributed by atoms with Crippen LogP contribution in [0.5, 0.6) is 0 Å². The Kier molecular flexibility index (Phi) is 7.93. The molecule has 1 unspecified atom stereocenters. The van der Waals surface area contributed by atoms with Crippen molar-refractivity contribution in [3.63, 3.8) is 0 Å². The normalized spacial score (nSPS) is 13.8. The predicted molar refractivity (Wildman–Crippen MR) is 80.0 cm³/mol. The molecule has 0 bridgehead atoms. The summed E-state index contributed by atoms with van der Waals surface area (Å²) in [6.45, 7) is 13.7. The number of hydrogen-bond acceptors (Lipinski definition) is 1. The van der Waals surface area contributed by atoms with Crippen LogP contribution in [0.15, 0.2) is 0 Å². The number of carbonyl (C=O) groups is 1. The van der Waals surface area contributed by atoms with E-state index in [0.29, 0.717) is 30.8 Å². The molecule has 0 fully saturated rings. The summed E-state index contributed by atoms with van der Waals surface area (Å²) in [5.74, 6) is 1.16. The van der Waals surface area contributed by atoms with Crippen LogP contribution in [0, 0.1) is 11.3 Å². The van der Waals surface area contributed by atoms with Gasteiger partial charge >= 0.3 is 0 Å². The van der Waals surface area contributed by atoms with Crippen LogP contribution in [0.3, 0.4) is 0 Å². The Morgan fingerprint density at radius 3 is 2.06 bits per heavy atom. The molecule has 0 aliphatic heterocycles. The van der Waals surface area contributed by atoms with Crippen molar-refractivity contribution in [2.45, 2.75) is 66.8 Å². The fourth-order valence-corrected chi connectivity index (χ4v) is 2.20. The summed E-state index contributed by atoms with van der Waals surface area (Å²) in [7, 11) is 0. The number of rotatable bonds is 7. The summed E-state index contributed by atoms with van der Waals surface area (Å²) < 4.78 is 0. The molecule has 1 atom stereocenters. The lowest BCUT2D eigenvalue weighted by Gasteiger charge is -2.33. The third-order valence-corrected chi connectivity index (χ3v) is 4.16. The van der Waals surface area contributed by atoms with Gasteiger partial charge in [0.05, 0.1) is 0 Å². The Morgan fingerprint density at radius 2 is 1.72 bits per heavy atom. The van der Waals surface area contributed by atoms with E-state index in [1.165, 1.54) is 0 Å². The van der Waals surface area contributed by atoms with E-state index in [4.69, 9.17) is 11.6 Å². The standard InChI is InChI=1S/C15H30ClNO/c1-7-13(8-2)17(10-9-16)14(18)11-12(3)15(4,5)6/h12-13H,7-11H2,1-6H3. The van der Waals surface area contributed by atoms with Crippen LogP contribution < -0.4 is 0 Å². The number of carbonyl (C=O) groups excluding carboxylic acids is 1. The summed E-state index contributed by atoms with van der Waals surface area (Å²) in [4.78, 5) is 14.4. The quantitative estimate of drug-likeness (QED) is 0.634. The summed E-state index contributed by atoms with van der Waals surface area (Å²) >= 11 is 5.83. The Labute approximate surface area is 118 Å². The fraction of sp³-hybridized carbons (Fsp3) is 0.933. The first-order valence-corrected chi connectivity index (χ1v) is 7.66. The lowest BCUT2D eigenvalue weighted by atomic mass is 9.80. The number of halogens is 1. The van der Waals surface area contributed by atoms with Crippen molar-refractivity contribution in [1.82, 2.24) is 4.90 Å². The van der Waals surface area contributed by atoms with Gasteiger partial charge in [0, 0.05) is 24.9 Å². The molecular formula is C15H30ClNO. The number of hydrogen-bond donors (Lipinski definition) is 0. The highest BCUT2D eigenvalue weighted by Crippen LogP contribution is 2.29. The zero-order chi connectivity index (χ0) is 14.3. The molecule has 0 aromatic heterocycles. The molecular weight excluding hydrogens is 246 g/mol. The maximum Gasteiger partial charge on any atom is 0.223 e. The van der Waals surface area contributed by atoms with E-state index in [9.17, 15) is 4.79 Å². The van der Waals surface area contributed by atoms with Crippen LogP contribution in [0.2, 0.25) is 0 Å². The van der Waals surface area contributed by atoms with Gasteiger partial charge in [0.25, 0.3) is 0 Å². The first-order valence-electron chi connectivity index (χ1n) is 7.13. The molecule has 0 saturated carbocycles. The average Bonchev–Trinajstić information content (AvgIpc) is 2.28. The fourth-order valence-electron chi connectivity index (χ4n) is 2.02. The van der Waals surface area contributed by atoms with Gasteiger partial charge in [-0.15, -0.1) is 11.6 Å². The van der Waals surface area contributed by atoms with Gasteiger partial charge in [0.2, 0.25) is 5.91 Å². The molecule has 0 N–H and O–H groups in total. The molecule has 0 aromatic carbocycles. The summed E-state index contributed by atoms with van der Waals surface area (Å²) in [6, 6.07) is 0.336. The minimum Gasteiger partial charge on any atom is -0.339 e. The van der Waals surface area contributed by atoms with Crippen LogP contribution in [-0.2, 0) is 4.79 Å². The van der Waals surface area contributed by atoms with Crippen LogP contribution in [0.25, 0.3) is 0 Å². The molecule has 0 aliphatic rings. The molecule has 18 heavy (non-hydrogen) atoms. The summed E-state index contributed by atoms with van der Waals surface area (Å²) in [5, 5.41) is 0. The number of amides is 1. The van der Waals surface area contributed by atoms with E-state index in [0.717, 1.165) is 12.8 Å². The van der Waals surface area contributed by atoms with Gasteiger partial charge in [-0.25, -0.2) is 0 Å². The average molecular weight is 276 g/mol. The van der Waals surface area contributed by atoms with E-state index >= 15 is 0 Å². The molecule has 0 heterocycles. The van der Waals surface area contributed by atoms with Gasteiger partial charge in [-0.2, -0.15) is 0 Å². The second-order valence-electron chi connectivity index (χ2n) is 6.22. The molecule has 1 amide bonds. The van der Waals surface area contributed by atoms with Gasteiger partial charge in [-0.05, 0) is 24.2 Å². The van der Waals surface area contributed by atoms with E-state index in [2.05, 4.69) is 41.5 Å². The third-order valence-electron chi connectivity index (χ3n) is 3.99. The minimum atomic E-state index is 0.177. The second-order valence-corrected chi connectivity index (χ2v) is 6.60. The largest absolute Gasteiger partial charge is 0.339 e. The maximum atomic E-state index is 12.4. The molecule has 3 heteroatoms. The van der Waals surface area contributed by atoms with Crippen molar-refractivity contribution in [1.29, 1.82) is 0 Å². The van der Waals surface area contributed by atoms with Gasteiger partial charge in [-0.1, -0.05) is 41.5 Å². The Balaban J connectivity index is 4.66. The van der Waals surface area contributed by atoms with Crippen molar-refractivity contribution in [3.8, 4) is 0 Å². The van der Waals surface area contributed by atoms with Crippen LogP contribution in [-0.4, -0.2) is 29.3 Å². The second kappa shape index (κ2) is 8.04. The zero-order valence-corrected chi connectivity index (χ0v) is 13.7. The molecule has 108 valence electrons. The van der Waals surface area contributed by atoms with Gasteiger partial charge in [-0.3, -0.25) is 4.79 Å². The summed E-state index contributed by atoms with van der Waals surface area (Å²) in [5.41, 5.74) is 0.177. The molecule has 0 spiro atoms. The van der Waals surface area contributed by atoms with E-state index < -0.39 is 0 Å². The minimum absolute atomic E-state index is 0.177. The van der Waals surface area contributed by atoms with Gasteiger partial charge < -0.3 is 4.90 Å². The van der Waals surface area contributed by atoms with Crippen LogP contribution >= 0.6 is 11.6 Å². The zero-order valence-electron chi connectivity index (χ0n) is 12.9. The lowest BCUT2D eigenvalue weighted by Crippen LogP contribution is -2.42. The van der Waals surface area contributed by atoms with Gasteiger partial charge in [0.15, 0.2) is 0 Å². The number of nitrogens with zero attached hydrogens (tertiary/aromatic N) is 1.